The van der Waals surface area contributed by atoms with Crippen LogP contribution in [0.4, 0.5) is 0 Å². The van der Waals surface area contributed by atoms with Gasteiger partial charge < -0.3 is 28.4 Å². The van der Waals surface area contributed by atoms with Crippen LogP contribution >= 0.6 is 0 Å². The molecule has 0 fully saturated rings. The van der Waals surface area contributed by atoms with E-state index in [9.17, 15) is 5.41 Å². The summed E-state index contributed by atoms with van der Waals surface area (Å²) in [7, 11) is 0. The number of ketones is 1. The summed E-state index contributed by atoms with van der Waals surface area (Å²) in [5, 5.41) is 10.7. The molecule has 8 heteroatoms. The molecule has 0 saturated heterocycles. The molecule has 10 aromatic carbocycles. The number of carbonyl (C=O) groups excluding carboxylic acids is 1. The second kappa shape index (κ2) is 30.1. The van der Waals surface area contributed by atoms with Crippen LogP contribution in [0.1, 0.15) is 247 Å². The van der Waals surface area contributed by atoms with Gasteiger partial charge in [-0.2, -0.15) is 0 Å². The zero-order chi connectivity index (χ0) is 76.8. The van der Waals surface area contributed by atoms with Gasteiger partial charge in [0.25, 0.3) is 0 Å². The molecule has 108 heavy (non-hydrogen) atoms. The quantitative estimate of drug-likeness (QED) is 0.122. The summed E-state index contributed by atoms with van der Waals surface area (Å²) in [6, 6.07) is 69.8. The molecule has 0 spiro atoms. The number of nitrogens with one attached hydrogen (secondary N) is 1. The highest BCUT2D eigenvalue weighted by atomic mass is 16.5. The van der Waals surface area contributed by atoms with Crippen molar-refractivity contribution in [2.45, 2.75) is 222 Å². The number of rotatable bonds is 12. The van der Waals surface area contributed by atoms with Gasteiger partial charge in [0.15, 0.2) is 17.3 Å². The molecule has 556 valence electrons. The molecule has 8 nitrogen and oxygen atoms in total. The van der Waals surface area contributed by atoms with Gasteiger partial charge in [-0.3, -0.25) is 10.2 Å². The minimum Gasteiger partial charge on any atom is -0.488 e. The van der Waals surface area contributed by atoms with Crippen LogP contribution in [0.25, 0.3) is 0 Å². The maximum Gasteiger partial charge on any atom is 0.186 e. The molecular weight excluding hydrogens is 1330 g/mol. The first-order valence-corrected chi connectivity index (χ1v) is 38.6. The van der Waals surface area contributed by atoms with E-state index in [1.165, 1.54) is 12.2 Å². The minimum absolute atomic E-state index is 0.0639. The van der Waals surface area contributed by atoms with Crippen molar-refractivity contribution in [3.05, 3.63) is 340 Å². The maximum absolute atomic E-state index is 15.2. The summed E-state index contributed by atoms with van der Waals surface area (Å²) in [5.74, 6) is 3.98. The Bertz CT molecular complexity index is 4510. The number of allylic oxidation sites excluding steroid dienone is 2. The molecule has 0 aromatic heterocycles. The Kier molecular flexibility index (Phi) is 21.2. The normalized spacial score (nSPS) is 14.2. The molecule has 2 aliphatic heterocycles. The Morgan fingerprint density at radius 1 is 0.278 bits per heavy atom. The summed E-state index contributed by atoms with van der Waals surface area (Å²) in [6.07, 6.45) is 5.25. The maximum atomic E-state index is 15.2. The zero-order valence-corrected chi connectivity index (χ0v) is 67.1. The lowest BCUT2D eigenvalue weighted by Gasteiger charge is -2.30. The molecule has 13 rings (SSSR count). The zero-order valence-electron chi connectivity index (χ0n) is 67.1. The summed E-state index contributed by atoms with van der Waals surface area (Å²) >= 11 is 0. The molecule has 0 unspecified atom stereocenters. The van der Waals surface area contributed by atoms with E-state index < -0.39 is 0 Å². The lowest BCUT2D eigenvalue weighted by Crippen LogP contribution is -2.23. The summed E-state index contributed by atoms with van der Waals surface area (Å²) < 4.78 is 45.4. The Hall–Kier alpha value is -10.2. The molecule has 0 saturated carbocycles. The molecule has 0 atom stereocenters. The van der Waals surface area contributed by atoms with E-state index in [1.54, 1.807) is 0 Å². The fourth-order valence-electron chi connectivity index (χ4n) is 14.8. The summed E-state index contributed by atoms with van der Waals surface area (Å²) in [6.45, 7) is 42.3. The summed E-state index contributed by atoms with van der Waals surface area (Å²) in [5.41, 5.74) is 20.2. The highest BCUT2D eigenvalue weighted by molar-refractivity contribution is 6.20. The predicted molar refractivity (Wildman–Crippen MR) is 441 cm³/mol. The van der Waals surface area contributed by atoms with Crippen molar-refractivity contribution in [3.8, 4) is 34.5 Å². The molecule has 1 aliphatic carbocycles. The minimum atomic E-state index is -0.383. The van der Waals surface area contributed by atoms with E-state index in [2.05, 4.69) is 294 Å². The van der Waals surface area contributed by atoms with Crippen LogP contribution in [0, 0.1) is 5.41 Å². The van der Waals surface area contributed by atoms with E-state index in [0.717, 1.165) is 145 Å². The van der Waals surface area contributed by atoms with Gasteiger partial charge in [-0.05, 0) is 155 Å². The number of carbonyl (C=O) groups is 1. The van der Waals surface area contributed by atoms with Gasteiger partial charge in [0.1, 0.15) is 66.6 Å². The number of ether oxygens (including phenoxy) is 6. The van der Waals surface area contributed by atoms with E-state index in [4.69, 9.17) is 28.4 Å². The van der Waals surface area contributed by atoms with Gasteiger partial charge >= 0.3 is 0 Å². The fourth-order valence-corrected chi connectivity index (χ4v) is 14.8. The van der Waals surface area contributed by atoms with E-state index >= 15 is 4.79 Å². The van der Waals surface area contributed by atoms with Crippen molar-refractivity contribution < 1.29 is 33.2 Å². The van der Waals surface area contributed by atoms with Crippen LogP contribution in [0.2, 0.25) is 0 Å². The molecule has 0 radical (unpaired) electrons. The first-order chi connectivity index (χ1) is 51.0. The number of hydrogen-bond acceptors (Lipinski definition) is 8. The van der Waals surface area contributed by atoms with Crippen molar-refractivity contribution >= 4 is 11.5 Å². The average molecular weight is 1440 g/mol. The Balaban J connectivity index is 1.21. The van der Waals surface area contributed by atoms with Gasteiger partial charge in [-0.1, -0.05) is 319 Å². The van der Waals surface area contributed by atoms with Gasteiger partial charge in [-0.15, -0.1) is 0 Å². The molecule has 0 amide bonds. The third-order valence-electron chi connectivity index (χ3n) is 21.3. The van der Waals surface area contributed by atoms with E-state index in [1.807, 2.05) is 24.3 Å². The van der Waals surface area contributed by atoms with Gasteiger partial charge in [0.2, 0.25) is 0 Å². The Morgan fingerprint density at radius 2 is 0.454 bits per heavy atom. The van der Waals surface area contributed by atoms with Crippen molar-refractivity contribution in [2.24, 2.45) is 0 Å². The third-order valence-corrected chi connectivity index (χ3v) is 21.3. The average Bonchev–Trinajstić information content (AvgIpc) is 0.755. The molecular formula is C100H109NO7. The smallest absolute Gasteiger partial charge is 0.186 e. The molecule has 1 N–H and O–H groups in total. The number of fused-ring (bicyclic) bond motifs is 8. The van der Waals surface area contributed by atoms with E-state index in [0.29, 0.717) is 76.5 Å². The third kappa shape index (κ3) is 17.5. The second-order valence-corrected chi connectivity index (χ2v) is 36.4. The molecule has 2 heterocycles. The molecule has 12 bridgehead atoms. The van der Waals surface area contributed by atoms with Crippen molar-refractivity contribution in [3.63, 3.8) is 0 Å². The van der Waals surface area contributed by atoms with Crippen LogP contribution in [0.5, 0.6) is 34.5 Å². The van der Waals surface area contributed by atoms with Crippen molar-refractivity contribution in [1.82, 2.24) is 0 Å². The lowest BCUT2D eigenvalue weighted by molar-refractivity contribution is -0.110. The first kappa shape index (κ1) is 76.0. The van der Waals surface area contributed by atoms with Crippen molar-refractivity contribution in [2.75, 3.05) is 0 Å². The second-order valence-electron chi connectivity index (χ2n) is 36.4. The number of benzene rings is 10. The highest BCUT2D eigenvalue weighted by Crippen LogP contribution is 2.48. The Morgan fingerprint density at radius 3 is 0.639 bits per heavy atom. The highest BCUT2D eigenvalue weighted by Gasteiger charge is 2.35. The molecule has 10 aromatic rings. The fraction of sp³-hybridized carbons (Fsp3) is 0.340. The summed E-state index contributed by atoms with van der Waals surface area (Å²) in [4.78, 5) is 15.2. The number of hydrogen-bond donors (Lipinski definition) is 1. The lowest BCUT2D eigenvalue weighted by atomic mass is 9.79. The van der Waals surface area contributed by atoms with Gasteiger partial charge in [-0.25, -0.2) is 0 Å². The van der Waals surface area contributed by atoms with Crippen LogP contribution in [0.15, 0.2) is 218 Å². The standard InChI is InChI=1S/C100H109NO7/c1-95(2,3)79-45-67-39-68-46-80(96(4,5)6)50-72(90(68)104-60-64-33-25-20-26-34-64)42-77-55-84(100(16,17)18)56-78-44-74-52-82(98(10,11)12)48-70(92(74)106-62-66-37-29-22-30-38-66)40-69-47-81(97(7,8)9)51-73(91(69)105-61-65-35-27-21-28-36-65)43-76-54-83(99(13,14)15)53-75(41-71(49-79)89(67)103-59-63-31-23-19-24-32-63)93(76)107-86-57-85(102)58-87(88(86)101)108-94(77)78/h19-38,45-58,101H,39-44,59-62H2,1-18H3. The van der Waals surface area contributed by atoms with Crippen LogP contribution in [0.3, 0.4) is 0 Å². The Labute approximate surface area is 643 Å². The largest absolute Gasteiger partial charge is 0.488 e. The van der Waals surface area contributed by atoms with Gasteiger partial charge in [0, 0.05) is 50.7 Å². The van der Waals surface area contributed by atoms with Crippen LogP contribution in [-0.4, -0.2) is 11.5 Å². The van der Waals surface area contributed by atoms with Gasteiger partial charge in [0.05, 0.1) is 0 Å². The van der Waals surface area contributed by atoms with Crippen LogP contribution < -0.4 is 28.4 Å². The predicted octanol–water partition coefficient (Wildman–Crippen LogP) is 23.8. The van der Waals surface area contributed by atoms with E-state index in [-0.39, 0.29) is 55.5 Å². The molecule has 3 aliphatic rings. The van der Waals surface area contributed by atoms with Crippen LogP contribution in [-0.2, 0) is 102 Å². The SMILES string of the molecule is CC(C)(C)c1cc2c(OCc3ccccc3)c(c1)Cc1cc(C(C)(C)C)cc3c1OC1=CC(=O)C=C(Oc4c(cc(C(C)(C)C)cc4Cc4cc(C(C)(C)C)cc(c4OCc4ccccc4)Cc4cc(C(C)(C)C)cc(c4OCc4ccccc4)C3)Cc3cc(C(C)(C)C)cc(c3OCc3ccccc3)C2)C1=N. The van der Waals surface area contributed by atoms with Crippen molar-refractivity contribution in [1.29, 1.82) is 5.41 Å². The monoisotopic (exact) mass is 1440 g/mol. The first-order valence-electron chi connectivity index (χ1n) is 38.6. The topological polar surface area (TPSA) is 96.3 Å².